The number of nitrogens with one attached hydrogen (secondary N) is 2. The summed E-state index contributed by atoms with van der Waals surface area (Å²) in [5.41, 5.74) is 1.93. The first-order valence-corrected chi connectivity index (χ1v) is 14.8. The summed E-state index contributed by atoms with van der Waals surface area (Å²) in [5, 5.41) is 41.7. The molecule has 4 aromatic rings. The minimum Gasteiger partial charge on any atom is -0.530 e. The summed E-state index contributed by atoms with van der Waals surface area (Å²) in [7, 11) is 0. The predicted molar refractivity (Wildman–Crippen MR) is 169 cm³/mol. The Morgan fingerprint density at radius 1 is 0.795 bits per heavy atom. The van der Waals surface area contributed by atoms with Gasteiger partial charge in [0.15, 0.2) is 0 Å². The molecule has 9 heteroatoms. The van der Waals surface area contributed by atoms with Gasteiger partial charge in [0.25, 0.3) is 5.91 Å². The Bertz CT molecular complexity index is 1510. The number of hydrogen-bond donors (Lipinski definition) is 4. The number of carboxylic acid groups (broad SMARTS) is 1. The van der Waals surface area contributed by atoms with E-state index in [1.807, 2.05) is 91.0 Å². The van der Waals surface area contributed by atoms with Crippen LogP contribution >= 0.6 is 0 Å². The summed E-state index contributed by atoms with van der Waals surface area (Å²) in [6.07, 6.45) is -2.86. The van der Waals surface area contributed by atoms with Crippen molar-refractivity contribution in [1.29, 1.82) is 0 Å². The molecule has 1 heterocycles. The van der Waals surface area contributed by atoms with Crippen LogP contribution in [-0.4, -0.2) is 75.0 Å². The van der Waals surface area contributed by atoms with Gasteiger partial charge in [0.1, 0.15) is 11.8 Å². The van der Waals surface area contributed by atoms with Gasteiger partial charge in [-0.3, -0.25) is 4.79 Å². The zero-order valence-corrected chi connectivity index (χ0v) is 25.4. The summed E-state index contributed by atoms with van der Waals surface area (Å²) < 4.78 is 0. The fourth-order valence-electron chi connectivity index (χ4n) is 5.41. The van der Waals surface area contributed by atoms with E-state index in [1.54, 1.807) is 26.8 Å². The van der Waals surface area contributed by atoms with E-state index in [4.69, 9.17) is 0 Å². The van der Waals surface area contributed by atoms with Gasteiger partial charge in [0, 0.05) is 24.0 Å². The summed E-state index contributed by atoms with van der Waals surface area (Å²) in [6.45, 7) is 5.31. The minimum absolute atomic E-state index is 0.00660. The molecular formula is C35H41N4O5-. The van der Waals surface area contributed by atoms with E-state index >= 15 is 0 Å². The highest BCUT2D eigenvalue weighted by molar-refractivity contribution is 5.95. The highest BCUT2D eigenvalue weighted by atomic mass is 16.4. The van der Waals surface area contributed by atoms with Crippen molar-refractivity contribution >= 4 is 22.9 Å². The number of hydrogen-bond acceptors (Lipinski definition) is 7. The smallest absolute Gasteiger partial charge is 0.270 e. The van der Waals surface area contributed by atoms with Gasteiger partial charge in [0.2, 0.25) is 0 Å². The summed E-state index contributed by atoms with van der Waals surface area (Å²) in [5.74, 6) is -0.409. The highest BCUT2D eigenvalue weighted by Gasteiger charge is 2.34. The molecule has 0 spiro atoms. The van der Waals surface area contributed by atoms with Gasteiger partial charge in [0.05, 0.1) is 29.8 Å². The first-order chi connectivity index (χ1) is 21.0. The van der Waals surface area contributed by atoms with E-state index < -0.39 is 41.8 Å². The van der Waals surface area contributed by atoms with Crippen LogP contribution in [0.2, 0.25) is 0 Å². The molecule has 0 unspecified atom stereocenters. The maximum Gasteiger partial charge on any atom is 0.270 e. The lowest BCUT2D eigenvalue weighted by Crippen LogP contribution is -2.62. The Morgan fingerprint density at radius 3 is 1.98 bits per heavy atom. The molecular weight excluding hydrogens is 556 g/mol. The number of carbonyl (C=O) groups excluding carboxylic acids is 2. The normalized spacial score (nSPS) is 14.4. The van der Waals surface area contributed by atoms with Crippen molar-refractivity contribution in [3.8, 4) is 0 Å². The van der Waals surface area contributed by atoms with Crippen LogP contribution in [0.4, 0.5) is 4.79 Å². The van der Waals surface area contributed by atoms with Crippen LogP contribution in [0.3, 0.4) is 0 Å². The summed E-state index contributed by atoms with van der Waals surface area (Å²) in [6, 6.07) is 28.4. The molecule has 0 fully saturated rings. The Labute approximate surface area is 258 Å². The predicted octanol–water partition coefficient (Wildman–Crippen LogP) is 2.94. The second-order valence-electron chi connectivity index (χ2n) is 12.0. The Kier molecular flexibility index (Phi) is 11.1. The molecule has 4 rings (SSSR count). The highest BCUT2D eigenvalue weighted by Crippen LogP contribution is 2.22. The Morgan fingerprint density at radius 2 is 1.36 bits per heavy atom. The van der Waals surface area contributed by atoms with Crippen LogP contribution in [0.1, 0.15) is 42.4 Å². The number of aliphatic hydroxyl groups excluding tert-OH is 2. The summed E-state index contributed by atoms with van der Waals surface area (Å²) in [4.78, 5) is 31.1. The van der Waals surface area contributed by atoms with Crippen LogP contribution < -0.4 is 15.7 Å². The third-order valence-electron chi connectivity index (χ3n) is 7.60. The van der Waals surface area contributed by atoms with E-state index in [-0.39, 0.29) is 25.2 Å². The number of pyridine rings is 1. The second kappa shape index (κ2) is 14.9. The van der Waals surface area contributed by atoms with Crippen molar-refractivity contribution in [2.75, 3.05) is 13.1 Å². The zero-order valence-electron chi connectivity index (χ0n) is 25.4. The van der Waals surface area contributed by atoms with E-state index in [9.17, 15) is 24.9 Å². The van der Waals surface area contributed by atoms with Gasteiger partial charge in [-0.2, -0.15) is 0 Å². The molecule has 0 bridgehead atoms. The molecule has 0 saturated heterocycles. The SMILES string of the molecule is CC(C)(C)N(C(=O)[O-])[C@@H](Cc1ccccc1)[C@H](O)CNC[C@@H](O)[C@H](Cc1ccccc1)NC(=O)c1ccc2ccccc2n1. The van der Waals surface area contributed by atoms with Crippen LogP contribution in [0.5, 0.6) is 0 Å². The first kappa shape index (κ1) is 32.6. The number of benzene rings is 3. The second-order valence-corrected chi connectivity index (χ2v) is 12.0. The van der Waals surface area contributed by atoms with Crippen LogP contribution in [0, 0.1) is 0 Å². The molecule has 0 saturated carbocycles. The van der Waals surface area contributed by atoms with Crippen LogP contribution in [0.25, 0.3) is 10.9 Å². The number of para-hydroxylation sites is 1. The average molecular weight is 598 g/mol. The Hall–Kier alpha value is -4.31. The topological polar surface area (TPSA) is 138 Å². The molecule has 232 valence electrons. The van der Waals surface area contributed by atoms with Crippen molar-refractivity contribution in [2.24, 2.45) is 0 Å². The van der Waals surface area contributed by atoms with Crippen molar-refractivity contribution in [3.05, 3.63) is 114 Å². The third-order valence-corrected chi connectivity index (χ3v) is 7.60. The van der Waals surface area contributed by atoms with E-state index in [0.717, 1.165) is 16.5 Å². The molecule has 0 aliphatic rings. The lowest BCUT2D eigenvalue weighted by atomic mass is 9.94. The molecule has 4 atom stereocenters. The standard InChI is InChI=1S/C35H42N4O5/c1-35(2,3)39(34(43)44)30(21-25-14-8-5-9-15-25)32(41)23-36-22-31(40)29(20-24-12-6-4-7-13-24)38-33(42)28-19-18-26-16-10-11-17-27(26)37-28/h4-19,29-32,36,40-41H,20-23H2,1-3H3,(H,38,42)(H,43,44)/p-1/t29-,30-,31+,32+/m0/s1. The number of aliphatic hydroxyl groups is 2. The van der Waals surface area contributed by atoms with E-state index in [1.165, 1.54) is 4.90 Å². The maximum atomic E-state index is 13.3. The van der Waals surface area contributed by atoms with Gasteiger partial charge < -0.3 is 35.6 Å². The fraction of sp³-hybridized carbons (Fsp3) is 0.343. The third kappa shape index (κ3) is 8.86. The van der Waals surface area contributed by atoms with Crippen molar-refractivity contribution < 1.29 is 24.9 Å². The van der Waals surface area contributed by atoms with Gasteiger partial charge in [-0.25, -0.2) is 4.98 Å². The zero-order chi connectivity index (χ0) is 31.7. The molecule has 3 aromatic carbocycles. The lowest BCUT2D eigenvalue weighted by molar-refractivity contribution is -0.275. The first-order valence-electron chi connectivity index (χ1n) is 14.8. The van der Waals surface area contributed by atoms with Gasteiger partial charge >= 0.3 is 0 Å². The molecule has 2 amide bonds. The number of fused-ring (bicyclic) bond motifs is 1. The van der Waals surface area contributed by atoms with Crippen LogP contribution in [0.15, 0.2) is 97.1 Å². The maximum absolute atomic E-state index is 13.3. The van der Waals surface area contributed by atoms with Crippen molar-refractivity contribution in [2.45, 2.75) is 63.4 Å². The lowest BCUT2D eigenvalue weighted by Gasteiger charge is -2.45. The van der Waals surface area contributed by atoms with E-state index in [0.29, 0.717) is 11.9 Å². The number of amides is 2. The number of aromatic nitrogens is 1. The summed E-state index contributed by atoms with van der Waals surface area (Å²) >= 11 is 0. The number of carbonyl (C=O) groups is 2. The molecule has 9 nitrogen and oxygen atoms in total. The molecule has 0 radical (unpaired) electrons. The fourth-order valence-corrected chi connectivity index (χ4v) is 5.41. The van der Waals surface area contributed by atoms with Gasteiger partial charge in [-0.15, -0.1) is 0 Å². The van der Waals surface area contributed by atoms with Gasteiger partial charge in [-0.1, -0.05) is 84.9 Å². The molecule has 44 heavy (non-hydrogen) atoms. The number of nitrogens with zero attached hydrogens (tertiary/aromatic N) is 2. The monoisotopic (exact) mass is 597 g/mol. The average Bonchev–Trinajstić information content (AvgIpc) is 3.00. The van der Waals surface area contributed by atoms with E-state index in [2.05, 4.69) is 15.6 Å². The Balaban J connectivity index is 1.46. The molecule has 0 aliphatic heterocycles. The van der Waals surface area contributed by atoms with Crippen molar-refractivity contribution in [3.63, 3.8) is 0 Å². The molecule has 0 aliphatic carbocycles. The quantitative estimate of drug-likeness (QED) is 0.186. The van der Waals surface area contributed by atoms with Crippen molar-refractivity contribution in [1.82, 2.24) is 20.5 Å². The molecule has 1 aromatic heterocycles. The number of rotatable bonds is 13. The van der Waals surface area contributed by atoms with Crippen LogP contribution in [-0.2, 0) is 12.8 Å². The molecule has 4 N–H and O–H groups in total. The minimum atomic E-state index is -1.37. The van der Waals surface area contributed by atoms with Gasteiger partial charge in [-0.05, 0) is 56.9 Å². The largest absolute Gasteiger partial charge is 0.530 e.